The summed E-state index contributed by atoms with van der Waals surface area (Å²) in [6.07, 6.45) is 1.99. The van der Waals surface area contributed by atoms with Gasteiger partial charge in [0.15, 0.2) is 0 Å². The molecule has 0 aliphatic carbocycles. The summed E-state index contributed by atoms with van der Waals surface area (Å²) >= 11 is 0. The number of imidazole rings is 1. The van der Waals surface area contributed by atoms with Crippen LogP contribution < -0.4 is 0 Å². The Bertz CT molecular complexity index is 1070. The van der Waals surface area contributed by atoms with E-state index < -0.39 is 0 Å². The Morgan fingerprint density at radius 1 is 0.719 bits per heavy atom. The molecule has 0 N–H and O–H groups in total. The number of hydrogen-bond acceptors (Lipinski definition) is 3. The van der Waals surface area contributed by atoms with E-state index in [1.807, 2.05) is 6.33 Å². The summed E-state index contributed by atoms with van der Waals surface area (Å²) in [5.74, 6) is 0.582. The molecule has 0 radical (unpaired) electrons. The standard InChI is InChI=1S/C28H32N4/c1-23(21-32-22-29-26-14-8-9-15-27(26)32)20-30-16-18-31(19-17-30)28(24-10-4-2-5-11-24)25-12-6-3-7-13-25/h2-15,22-23,28H,16-21H2,1H3. The molecule has 5 rings (SSSR count). The summed E-state index contributed by atoms with van der Waals surface area (Å²) in [5.41, 5.74) is 5.08. The van der Waals surface area contributed by atoms with E-state index in [4.69, 9.17) is 0 Å². The van der Waals surface area contributed by atoms with Crippen LogP contribution in [0.1, 0.15) is 24.1 Å². The predicted octanol–water partition coefficient (Wildman–Crippen LogP) is 5.08. The summed E-state index contributed by atoms with van der Waals surface area (Å²) in [4.78, 5) is 9.83. The van der Waals surface area contributed by atoms with Gasteiger partial charge in [0.25, 0.3) is 0 Å². The SMILES string of the molecule is CC(CN1CCN(C(c2ccccc2)c2ccccc2)CC1)Cn1cnc2ccccc21. The van der Waals surface area contributed by atoms with Gasteiger partial charge in [-0.05, 0) is 29.2 Å². The summed E-state index contributed by atoms with van der Waals surface area (Å²) in [6.45, 7) is 8.91. The minimum absolute atomic E-state index is 0.328. The molecule has 1 saturated heterocycles. The van der Waals surface area contributed by atoms with Gasteiger partial charge in [-0.3, -0.25) is 4.90 Å². The molecule has 1 aliphatic rings. The van der Waals surface area contributed by atoms with Crippen molar-refractivity contribution in [1.29, 1.82) is 0 Å². The molecule has 1 aromatic heterocycles. The van der Waals surface area contributed by atoms with Crippen LogP contribution in [-0.4, -0.2) is 52.1 Å². The number of hydrogen-bond donors (Lipinski definition) is 0. The third kappa shape index (κ3) is 4.62. The molecule has 0 spiro atoms. The van der Waals surface area contributed by atoms with Crippen molar-refractivity contribution >= 4 is 11.0 Å². The van der Waals surface area contributed by atoms with Crippen molar-refractivity contribution in [1.82, 2.24) is 19.4 Å². The lowest BCUT2D eigenvalue weighted by Crippen LogP contribution is -2.49. The molecule has 164 valence electrons. The van der Waals surface area contributed by atoms with Gasteiger partial charge in [-0.25, -0.2) is 4.98 Å². The Balaban J connectivity index is 1.22. The van der Waals surface area contributed by atoms with Gasteiger partial charge < -0.3 is 9.47 Å². The quantitative estimate of drug-likeness (QED) is 0.413. The number of benzene rings is 3. The second-order valence-electron chi connectivity index (χ2n) is 9.05. The number of fused-ring (bicyclic) bond motifs is 1. The molecule has 1 aliphatic heterocycles. The summed E-state index contributed by atoms with van der Waals surface area (Å²) in [5, 5.41) is 0. The highest BCUT2D eigenvalue weighted by Gasteiger charge is 2.26. The number of aromatic nitrogens is 2. The lowest BCUT2D eigenvalue weighted by atomic mass is 9.96. The van der Waals surface area contributed by atoms with Crippen molar-refractivity contribution in [2.75, 3.05) is 32.7 Å². The summed E-state index contributed by atoms with van der Waals surface area (Å²) < 4.78 is 2.30. The first-order valence-corrected chi connectivity index (χ1v) is 11.7. The first kappa shape index (κ1) is 20.9. The molecule has 1 atom stereocenters. The van der Waals surface area contributed by atoms with E-state index in [1.54, 1.807) is 0 Å². The number of piperazine rings is 1. The average Bonchev–Trinajstić information content (AvgIpc) is 3.24. The molecule has 1 fully saturated rings. The van der Waals surface area contributed by atoms with Crippen LogP contribution in [0.3, 0.4) is 0 Å². The maximum Gasteiger partial charge on any atom is 0.0958 e. The maximum absolute atomic E-state index is 4.55. The van der Waals surface area contributed by atoms with Gasteiger partial charge in [0.1, 0.15) is 0 Å². The molecule has 4 heteroatoms. The zero-order chi connectivity index (χ0) is 21.8. The highest BCUT2D eigenvalue weighted by molar-refractivity contribution is 5.74. The Morgan fingerprint density at radius 3 is 1.97 bits per heavy atom. The molecule has 32 heavy (non-hydrogen) atoms. The molecule has 4 aromatic rings. The Morgan fingerprint density at radius 2 is 1.31 bits per heavy atom. The highest BCUT2D eigenvalue weighted by Crippen LogP contribution is 2.29. The molecule has 0 saturated carbocycles. The largest absolute Gasteiger partial charge is 0.330 e. The van der Waals surface area contributed by atoms with E-state index in [2.05, 4.69) is 111 Å². The molecule has 2 heterocycles. The van der Waals surface area contributed by atoms with Gasteiger partial charge >= 0.3 is 0 Å². The van der Waals surface area contributed by atoms with Crippen molar-refractivity contribution in [2.45, 2.75) is 19.5 Å². The van der Waals surface area contributed by atoms with Crippen LogP contribution in [0.25, 0.3) is 11.0 Å². The van der Waals surface area contributed by atoms with Gasteiger partial charge in [-0.15, -0.1) is 0 Å². The number of para-hydroxylation sites is 2. The summed E-state index contributed by atoms with van der Waals surface area (Å²) in [7, 11) is 0. The molecule has 4 nitrogen and oxygen atoms in total. The van der Waals surface area contributed by atoms with Crippen LogP contribution in [0.5, 0.6) is 0 Å². The minimum atomic E-state index is 0.328. The zero-order valence-electron chi connectivity index (χ0n) is 18.8. The van der Waals surface area contributed by atoms with Crippen LogP contribution in [0.15, 0.2) is 91.3 Å². The van der Waals surface area contributed by atoms with E-state index in [0.717, 1.165) is 44.8 Å². The van der Waals surface area contributed by atoms with Crippen LogP contribution in [0.4, 0.5) is 0 Å². The van der Waals surface area contributed by atoms with Gasteiger partial charge in [-0.1, -0.05) is 79.7 Å². The average molecular weight is 425 g/mol. The van der Waals surface area contributed by atoms with Gasteiger partial charge in [0.2, 0.25) is 0 Å². The first-order chi connectivity index (χ1) is 15.8. The molecular formula is C28H32N4. The highest BCUT2D eigenvalue weighted by atomic mass is 15.3. The lowest BCUT2D eigenvalue weighted by Gasteiger charge is -2.40. The lowest BCUT2D eigenvalue weighted by molar-refractivity contribution is 0.0973. The van der Waals surface area contributed by atoms with Crippen LogP contribution in [0.2, 0.25) is 0 Å². The van der Waals surface area contributed by atoms with Crippen molar-refractivity contribution in [3.63, 3.8) is 0 Å². The second-order valence-corrected chi connectivity index (χ2v) is 9.05. The van der Waals surface area contributed by atoms with E-state index in [0.29, 0.717) is 12.0 Å². The van der Waals surface area contributed by atoms with Crippen LogP contribution in [-0.2, 0) is 6.54 Å². The van der Waals surface area contributed by atoms with Crippen LogP contribution in [0, 0.1) is 5.92 Å². The fourth-order valence-corrected chi connectivity index (χ4v) is 5.08. The van der Waals surface area contributed by atoms with E-state index in [-0.39, 0.29) is 0 Å². The molecule has 0 amide bonds. The molecule has 0 bridgehead atoms. The number of rotatable bonds is 7. The minimum Gasteiger partial charge on any atom is -0.330 e. The Hall–Kier alpha value is -2.95. The molecule has 1 unspecified atom stereocenters. The van der Waals surface area contributed by atoms with Crippen molar-refractivity contribution in [3.8, 4) is 0 Å². The summed E-state index contributed by atoms with van der Waals surface area (Å²) in [6, 6.07) is 30.6. The van der Waals surface area contributed by atoms with Crippen molar-refractivity contribution in [3.05, 3.63) is 102 Å². The second kappa shape index (κ2) is 9.68. The van der Waals surface area contributed by atoms with Gasteiger partial charge in [-0.2, -0.15) is 0 Å². The first-order valence-electron chi connectivity index (χ1n) is 11.7. The third-order valence-corrected chi connectivity index (χ3v) is 6.61. The third-order valence-electron chi connectivity index (χ3n) is 6.61. The fourth-order valence-electron chi connectivity index (χ4n) is 5.08. The molecular weight excluding hydrogens is 392 g/mol. The van der Waals surface area contributed by atoms with Crippen LogP contribution >= 0.6 is 0 Å². The monoisotopic (exact) mass is 424 g/mol. The van der Waals surface area contributed by atoms with Gasteiger partial charge in [0, 0.05) is 39.3 Å². The number of nitrogens with zero attached hydrogens (tertiary/aromatic N) is 4. The topological polar surface area (TPSA) is 24.3 Å². The zero-order valence-corrected chi connectivity index (χ0v) is 18.8. The van der Waals surface area contributed by atoms with E-state index in [1.165, 1.54) is 16.6 Å². The Labute approximate surface area is 191 Å². The molecule has 3 aromatic carbocycles. The normalized spacial score (nSPS) is 16.6. The fraction of sp³-hybridized carbons (Fsp3) is 0.321. The predicted molar refractivity (Wildman–Crippen MR) is 132 cm³/mol. The van der Waals surface area contributed by atoms with Crippen molar-refractivity contribution < 1.29 is 0 Å². The van der Waals surface area contributed by atoms with E-state index in [9.17, 15) is 0 Å². The Kier molecular flexibility index (Phi) is 6.33. The smallest absolute Gasteiger partial charge is 0.0958 e. The van der Waals surface area contributed by atoms with Gasteiger partial charge in [0.05, 0.1) is 23.4 Å². The van der Waals surface area contributed by atoms with E-state index >= 15 is 0 Å². The maximum atomic E-state index is 4.55. The van der Waals surface area contributed by atoms with Crippen molar-refractivity contribution in [2.24, 2.45) is 5.92 Å².